The van der Waals surface area contributed by atoms with E-state index in [1.165, 1.54) is 10.9 Å². The highest BCUT2D eigenvalue weighted by Crippen LogP contribution is 2.03. The number of nitrogens with one attached hydrogen (secondary N) is 1. The number of hydrogen-bond acceptors (Lipinski definition) is 2. The summed E-state index contributed by atoms with van der Waals surface area (Å²) in [6.07, 6.45) is 3.12. The first-order chi connectivity index (χ1) is 4.68. The Morgan fingerprint density at radius 3 is 3.00 bits per heavy atom. The van der Waals surface area contributed by atoms with Gasteiger partial charge in [-0.15, -0.1) is 0 Å². The first-order valence-corrected chi connectivity index (χ1v) is 3.07. The van der Waals surface area contributed by atoms with E-state index in [0.29, 0.717) is 11.6 Å². The van der Waals surface area contributed by atoms with E-state index in [4.69, 9.17) is 22.7 Å². The second-order valence-electron chi connectivity index (χ2n) is 1.88. The Bertz CT molecular complexity index is 242. The molecule has 1 rings (SSSR count). The van der Waals surface area contributed by atoms with E-state index in [-0.39, 0.29) is 5.84 Å². The maximum atomic E-state index is 6.91. The third kappa shape index (κ3) is 1.73. The second-order valence-corrected chi connectivity index (χ2v) is 2.32. The minimum atomic E-state index is 0.0692. The predicted molar refractivity (Wildman–Crippen MR) is 39.2 cm³/mol. The fourth-order valence-corrected chi connectivity index (χ4v) is 0.756. The summed E-state index contributed by atoms with van der Waals surface area (Å²) in [6.45, 7) is 0.298. The Labute approximate surface area is 63.1 Å². The number of rotatable bonds is 2. The Hall–Kier alpha value is -1.03. The van der Waals surface area contributed by atoms with Gasteiger partial charge in [0, 0.05) is 6.20 Å². The number of aromatic nitrogens is 2. The monoisotopic (exact) mass is 158 g/mol. The molecule has 0 saturated carbocycles. The molecular weight excluding hydrogens is 152 g/mol. The van der Waals surface area contributed by atoms with Crippen LogP contribution in [0.5, 0.6) is 0 Å². The molecule has 0 aliphatic heterocycles. The lowest BCUT2D eigenvalue weighted by molar-refractivity contribution is 0.718. The Balaban J connectivity index is 2.67. The van der Waals surface area contributed by atoms with Crippen molar-refractivity contribution in [3.63, 3.8) is 0 Å². The molecule has 0 fully saturated rings. The summed E-state index contributed by atoms with van der Waals surface area (Å²) in [4.78, 5) is 0. The Morgan fingerprint density at radius 2 is 2.60 bits per heavy atom. The fraction of sp³-hybridized carbons (Fsp3) is 0.200. The first-order valence-electron chi connectivity index (χ1n) is 2.69. The van der Waals surface area contributed by atoms with E-state index in [1.807, 2.05) is 0 Å². The molecule has 0 radical (unpaired) electrons. The number of nitrogens with zero attached hydrogens (tertiary/aromatic N) is 2. The molecule has 1 aromatic rings. The summed E-state index contributed by atoms with van der Waals surface area (Å²) in [7, 11) is 0. The summed E-state index contributed by atoms with van der Waals surface area (Å²) in [5, 5.41) is 11.3. The Morgan fingerprint density at radius 1 is 1.90 bits per heavy atom. The van der Waals surface area contributed by atoms with Gasteiger partial charge in [0.1, 0.15) is 5.84 Å². The van der Waals surface area contributed by atoms with Crippen LogP contribution in [-0.2, 0) is 6.54 Å². The first kappa shape index (κ1) is 7.08. The SMILES string of the molecule is N=C(N)Cn1cc(Cl)cn1. The van der Waals surface area contributed by atoms with Crippen LogP contribution in [0.2, 0.25) is 5.02 Å². The molecule has 10 heavy (non-hydrogen) atoms. The summed E-state index contributed by atoms with van der Waals surface area (Å²) < 4.78 is 1.50. The molecule has 0 spiro atoms. The molecule has 0 bridgehead atoms. The van der Waals surface area contributed by atoms with Gasteiger partial charge in [0.15, 0.2) is 0 Å². The van der Waals surface area contributed by atoms with Crippen LogP contribution in [-0.4, -0.2) is 15.6 Å². The van der Waals surface area contributed by atoms with Crippen LogP contribution < -0.4 is 5.73 Å². The Kier molecular flexibility index (Phi) is 1.91. The summed E-state index contributed by atoms with van der Waals surface area (Å²) in [6, 6.07) is 0. The zero-order valence-electron chi connectivity index (χ0n) is 5.21. The number of amidine groups is 1. The van der Waals surface area contributed by atoms with E-state index < -0.39 is 0 Å². The molecule has 0 aliphatic carbocycles. The molecule has 0 unspecified atom stereocenters. The fourth-order valence-electron chi connectivity index (χ4n) is 0.599. The molecule has 4 nitrogen and oxygen atoms in total. The van der Waals surface area contributed by atoms with Crippen molar-refractivity contribution in [1.82, 2.24) is 9.78 Å². The molecule has 0 aliphatic rings. The van der Waals surface area contributed by atoms with Crippen LogP contribution in [0.15, 0.2) is 12.4 Å². The second kappa shape index (κ2) is 2.70. The molecule has 1 aromatic heterocycles. The largest absolute Gasteiger partial charge is 0.386 e. The van der Waals surface area contributed by atoms with Gasteiger partial charge < -0.3 is 5.73 Å². The van der Waals surface area contributed by atoms with Crippen molar-refractivity contribution in [2.45, 2.75) is 6.54 Å². The van der Waals surface area contributed by atoms with Crippen molar-refractivity contribution >= 4 is 17.4 Å². The lowest BCUT2D eigenvalue weighted by atomic mass is 10.6. The molecule has 1 heterocycles. The van der Waals surface area contributed by atoms with E-state index in [0.717, 1.165) is 0 Å². The highest BCUT2D eigenvalue weighted by Gasteiger charge is 1.94. The van der Waals surface area contributed by atoms with Gasteiger partial charge in [-0.1, -0.05) is 11.6 Å². The summed E-state index contributed by atoms with van der Waals surface area (Å²) in [5.74, 6) is 0.0692. The third-order valence-electron chi connectivity index (χ3n) is 0.934. The zero-order valence-corrected chi connectivity index (χ0v) is 5.97. The van der Waals surface area contributed by atoms with Crippen LogP contribution in [0.25, 0.3) is 0 Å². The van der Waals surface area contributed by atoms with Gasteiger partial charge in [-0.3, -0.25) is 10.1 Å². The highest BCUT2D eigenvalue weighted by atomic mass is 35.5. The van der Waals surface area contributed by atoms with Gasteiger partial charge in [0.25, 0.3) is 0 Å². The van der Waals surface area contributed by atoms with Crippen LogP contribution in [0.3, 0.4) is 0 Å². The maximum Gasteiger partial charge on any atom is 0.113 e. The molecule has 3 N–H and O–H groups in total. The minimum Gasteiger partial charge on any atom is -0.386 e. The molecule has 54 valence electrons. The normalized spacial score (nSPS) is 9.70. The lowest BCUT2D eigenvalue weighted by Crippen LogP contribution is -2.17. The number of hydrogen-bond donors (Lipinski definition) is 2. The van der Waals surface area contributed by atoms with Crippen molar-refractivity contribution in [1.29, 1.82) is 5.41 Å². The van der Waals surface area contributed by atoms with Gasteiger partial charge >= 0.3 is 0 Å². The molecule has 0 aromatic carbocycles. The van der Waals surface area contributed by atoms with E-state index >= 15 is 0 Å². The van der Waals surface area contributed by atoms with Crippen molar-refractivity contribution in [3.8, 4) is 0 Å². The zero-order chi connectivity index (χ0) is 7.56. The van der Waals surface area contributed by atoms with Crippen LogP contribution >= 0.6 is 11.6 Å². The van der Waals surface area contributed by atoms with Crippen molar-refractivity contribution in [3.05, 3.63) is 17.4 Å². The predicted octanol–water partition coefficient (Wildman–Crippen LogP) is 0.472. The third-order valence-corrected chi connectivity index (χ3v) is 1.13. The van der Waals surface area contributed by atoms with Gasteiger partial charge in [-0.25, -0.2) is 0 Å². The average molecular weight is 159 g/mol. The lowest BCUT2D eigenvalue weighted by Gasteiger charge is -1.95. The molecule has 0 atom stereocenters. The molecule has 5 heteroatoms. The van der Waals surface area contributed by atoms with Gasteiger partial charge in [-0.05, 0) is 0 Å². The summed E-state index contributed by atoms with van der Waals surface area (Å²) >= 11 is 5.55. The van der Waals surface area contributed by atoms with E-state index in [2.05, 4.69) is 5.10 Å². The van der Waals surface area contributed by atoms with Crippen LogP contribution in [0.4, 0.5) is 0 Å². The smallest absolute Gasteiger partial charge is 0.113 e. The van der Waals surface area contributed by atoms with Crippen molar-refractivity contribution < 1.29 is 0 Å². The van der Waals surface area contributed by atoms with Gasteiger partial charge in [-0.2, -0.15) is 5.10 Å². The molecular formula is C5H7ClN4. The van der Waals surface area contributed by atoms with Crippen LogP contribution in [0, 0.1) is 5.41 Å². The highest BCUT2D eigenvalue weighted by molar-refractivity contribution is 6.30. The topological polar surface area (TPSA) is 67.7 Å². The van der Waals surface area contributed by atoms with E-state index in [1.54, 1.807) is 6.20 Å². The minimum absolute atomic E-state index is 0.0692. The molecule has 0 amide bonds. The standard InChI is InChI=1S/C5H7ClN4/c6-4-1-9-10(2-4)3-5(7)8/h1-2H,3H2,(H3,7,8). The van der Waals surface area contributed by atoms with E-state index in [9.17, 15) is 0 Å². The maximum absolute atomic E-state index is 6.91. The van der Waals surface area contributed by atoms with Crippen LogP contribution in [0.1, 0.15) is 0 Å². The number of halogens is 1. The van der Waals surface area contributed by atoms with Crippen molar-refractivity contribution in [2.24, 2.45) is 5.73 Å². The quantitative estimate of drug-likeness (QED) is 0.486. The average Bonchev–Trinajstić information content (AvgIpc) is 2.13. The van der Waals surface area contributed by atoms with Gasteiger partial charge in [0.05, 0.1) is 17.8 Å². The summed E-state index contributed by atoms with van der Waals surface area (Å²) in [5.41, 5.74) is 5.11. The molecule has 0 saturated heterocycles. The number of nitrogens with two attached hydrogens (primary N) is 1. The van der Waals surface area contributed by atoms with Crippen molar-refractivity contribution in [2.75, 3.05) is 0 Å². The van der Waals surface area contributed by atoms with Gasteiger partial charge in [0.2, 0.25) is 0 Å².